The third-order valence-electron chi connectivity index (χ3n) is 5.26. The molecule has 0 N–H and O–H groups in total. The molecule has 2 fully saturated rings. The van der Waals surface area contributed by atoms with Crippen LogP contribution in [0.4, 0.5) is 0 Å². The van der Waals surface area contributed by atoms with E-state index in [9.17, 15) is 8.42 Å². The molecule has 120 valence electrons. The van der Waals surface area contributed by atoms with Gasteiger partial charge in [0.1, 0.15) is 11.4 Å². The molecule has 22 heavy (non-hydrogen) atoms. The van der Waals surface area contributed by atoms with Crippen LogP contribution in [-0.4, -0.2) is 43.0 Å². The van der Waals surface area contributed by atoms with E-state index in [1.807, 2.05) is 0 Å². The van der Waals surface area contributed by atoms with Crippen LogP contribution in [0.5, 0.6) is 5.75 Å². The molecule has 0 spiro atoms. The average molecular weight is 321 g/mol. The molecular weight excluding hydrogens is 298 g/mol. The minimum atomic E-state index is -2.85. The number of hydrogen-bond acceptors (Lipinski definition) is 4. The molecule has 4 rings (SSSR count). The maximum absolute atomic E-state index is 12.1. The van der Waals surface area contributed by atoms with Gasteiger partial charge in [0, 0.05) is 31.6 Å². The highest BCUT2D eigenvalue weighted by Crippen LogP contribution is 2.39. The predicted molar refractivity (Wildman–Crippen MR) is 85.8 cm³/mol. The van der Waals surface area contributed by atoms with Gasteiger partial charge in [-0.05, 0) is 31.7 Å². The van der Waals surface area contributed by atoms with E-state index in [1.165, 1.54) is 11.1 Å². The van der Waals surface area contributed by atoms with Crippen molar-refractivity contribution in [3.63, 3.8) is 0 Å². The Morgan fingerprint density at radius 1 is 1.32 bits per heavy atom. The van der Waals surface area contributed by atoms with Crippen molar-refractivity contribution >= 4 is 9.84 Å². The molecule has 0 unspecified atom stereocenters. The molecule has 1 aromatic rings. The Balaban J connectivity index is 1.54. The number of fused-ring (bicyclic) bond motifs is 2. The molecular formula is C17H23NO3S. The number of likely N-dealkylation sites (tertiary alicyclic amines) is 1. The summed E-state index contributed by atoms with van der Waals surface area (Å²) in [6, 6.07) is 6.34. The van der Waals surface area contributed by atoms with Crippen LogP contribution in [0.3, 0.4) is 0 Å². The minimum absolute atomic E-state index is 0.136. The van der Waals surface area contributed by atoms with Crippen molar-refractivity contribution in [1.29, 1.82) is 0 Å². The van der Waals surface area contributed by atoms with Gasteiger partial charge in [0.2, 0.25) is 0 Å². The molecule has 0 bridgehead atoms. The van der Waals surface area contributed by atoms with Crippen molar-refractivity contribution in [1.82, 2.24) is 4.90 Å². The van der Waals surface area contributed by atoms with Crippen LogP contribution in [0.2, 0.25) is 0 Å². The third kappa shape index (κ3) is 2.35. The summed E-state index contributed by atoms with van der Waals surface area (Å²) in [6.45, 7) is 6.60. The van der Waals surface area contributed by atoms with Crippen molar-refractivity contribution < 1.29 is 13.2 Å². The topological polar surface area (TPSA) is 46.6 Å². The number of para-hydroxylation sites is 1. The molecule has 3 aliphatic rings. The normalized spacial score (nSPS) is 31.7. The van der Waals surface area contributed by atoms with Crippen LogP contribution in [0, 0.1) is 5.92 Å². The summed E-state index contributed by atoms with van der Waals surface area (Å²) in [5, 5.41) is -0.137. The predicted octanol–water partition coefficient (Wildman–Crippen LogP) is 2.02. The number of nitrogens with zero attached hydrogens (tertiary/aromatic N) is 1. The van der Waals surface area contributed by atoms with Gasteiger partial charge in [0.15, 0.2) is 9.84 Å². The standard InChI is InChI=1S/C17H23NO3S/c1-17(2)8-12-4-3-5-14(16(12)21-17)10-18-9-13-6-7-22(19,20)15(13)11-18/h3-5,13,15H,6-11H2,1-2H3/t13-,15+/m0/s1. The molecule has 2 saturated heterocycles. The quantitative estimate of drug-likeness (QED) is 0.836. The van der Waals surface area contributed by atoms with Gasteiger partial charge in [-0.15, -0.1) is 0 Å². The zero-order valence-corrected chi connectivity index (χ0v) is 14.0. The smallest absolute Gasteiger partial charge is 0.154 e. The molecule has 0 aliphatic carbocycles. The van der Waals surface area contributed by atoms with Crippen LogP contribution in [0.15, 0.2) is 18.2 Å². The van der Waals surface area contributed by atoms with Gasteiger partial charge in [-0.2, -0.15) is 0 Å². The van der Waals surface area contributed by atoms with E-state index in [0.717, 1.165) is 31.7 Å². The van der Waals surface area contributed by atoms with Gasteiger partial charge in [-0.25, -0.2) is 8.42 Å². The summed E-state index contributed by atoms with van der Waals surface area (Å²) in [4.78, 5) is 2.29. The molecule has 5 heteroatoms. The zero-order chi connectivity index (χ0) is 15.5. The minimum Gasteiger partial charge on any atom is -0.487 e. The molecule has 3 heterocycles. The van der Waals surface area contributed by atoms with Crippen LogP contribution in [-0.2, 0) is 22.8 Å². The molecule has 0 aromatic heterocycles. The molecule has 4 nitrogen and oxygen atoms in total. The lowest BCUT2D eigenvalue weighted by Crippen LogP contribution is -2.27. The summed E-state index contributed by atoms with van der Waals surface area (Å²) in [6.07, 6.45) is 1.77. The van der Waals surface area contributed by atoms with E-state index in [-0.39, 0.29) is 10.9 Å². The van der Waals surface area contributed by atoms with Crippen LogP contribution in [0.1, 0.15) is 31.4 Å². The molecule has 0 saturated carbocycles. The van der Waals surface area contributed by atoms with Gasteiger partial charge >= 0.3 is 0 Å². The lowest BCUT2D eigenvalue weighted by molar-refractivity contribution is 0.135. The summed E-state index contributed by atoms with van der Waals surface area (Å²) in [5.41, 5.74) is 2.33. The van der Waals surface area contributed by atoms with Crippen molar-refractivity contribution in [2.24, 2.45) is 5.92 Å². The Morgan fingerprint density at radius 3 is 2.91 bits per heavy atom. The number of rotatable bonds is 2. The first-order valence-electron chi connectivity index (χ1n) is 8.08. The average Bonchev–Trinajstić information content (AvgIpc) is 3.03. The van der Waals surface area contributed by atoms with Gasteiger partial charge in [-0.3, -0.25) is 4.90 Å². The fourth-order valence-electron chi connectivity index (χ4n) is 4.25. The first-order valence-corrected chi connectivity index (χ1v) is 9.79. The second kappa shape index (κ2) is 4.71. The van der Waals surface area contributed by atoms with E-state index in [1.54, 1.807) is 0 Å². The summed E-state index contributed by atoms with van der Waals surface area (Å²) in [7, 11) is -2.85. The first kappa shape index (κ1) is 14.5. The monoisotopic (exact) mass is 321 g/mol. The van der Waals surface area contributed by atoms with Crippen LogP contribution in [0.25, 0.3) is 0 Å². The van der Waals surface area contributed by atoms with Gasteiger partial charge in [0.25, 0.3) is 0 Å². The number of sulfone groups is 1. The fourth-order valence-corrected chi connectivity index (χ4v) is 6.43. The van der Waals surface area contributed by atoms with Crippen molar-refractivity contribution in [3.05, 3.63) is 29.3 Å². The Labute approximate surface area is 132 Å². The number of benzene rings is 1. The lowest BCUT2D eigenvalue weighted by Gasteiger charge is -2.21. The highest BCUT2D eigenvalue weighted by molar-refractivity contribution is 7.92. The zero-order valence-electron chi connectivity index (χ0n) is 13.2. The van der Waals surface area contributed by atoms with Crippen LogP contribution < -0.4 is 4.74 Å². The summed E-state index contributed by atoms with van der Waals surface area (Å²) < 4.78 is 30.3. The SMILES string of the molecule is CC1(C)Cc2cccc(CN3C[C@@H]4CCS(=O)(=O)[C@@H]4C3)c2O1. The maximum Gasteiger partial charge on any atom is 0.154 e. The second-order valence-electron chi connectivity index (χ2n) is 7.59. The largest absolute Gasteiger partial charge is 0.487 e. The fraction of sp³-hybridized carbons (Fsp3) is 0.647. The van der Waals surface area contributed by atoms with E-state index in [4.69, 9.17) is 4.74 Å². The molecule has 0 amide bonds. The molecule has 0 radical (unpaired) electrons. The van der Waals surface area contributed by atoms with E-state index in [2.05, 4.69) is 36.9 Å². The lowest BCUT2D eigenvalue weighted by atomic mass is 10.0. The van der Waals surface area contributed by atoms with Crippen LogP contribution >= 0.6 is 0 Å². The highest BCUT2D eigenvalue weighted by Gasteiger charge is 2.46. The van der Waals surface area contributed by atoms with E-state index >= 15 is 0 Å². The Kier molecular flexibility index (Phi) is 3.11. The number of ether oxygens (including phenoxy) is 1. The number of hydrogen-bond donors (Lipinski definition) is 0. The Morgan fingerprint density at radius 2 is 2.14 bits per heavy atom. The molecule has 3 aliphatic heterocycles. The van der Waals surface area contributed by atoms with Gasteiger partial charge in [-0.1, -0.05) is 18.2 Å². The second-order valence-corrected chi connectivity index (χ2v) is 9.93. The third-order valence-corrected chi connectivity index (χ3v) is 7.52. The van der Waals surface area contributed by atoms with E-state index in [0.29, 0.717) is 18.2 Å². The van der Waals surface area contributed by atoms with E-state index < -0.39 is 9.84 Å². The van der Waals surface area contributed by atoms with Crippen molar-refractivity contribution in [2.75, 3.05) is 18.8 Å². The van der Waals surface area contributed by atoms with Gasteiger partial charge in [0.05, 0.1) is 11.0 Å². The van der Waals surface area contributed by atoms with Gasteiger partial charge < -0.3 is 4.74 Å². The maximum atomic E-state index is 12.1. The first-order chi connectivity index (χ1) is 10.3. The molecule has 1 aromatic carbocycles. The Bertz CT molecular complexity index is 711. The summed E-state index contributed by atoms with van der Waals surface area (Å²) in [5.74, 6) is 1.74. The van der Waals surface area contributed by atoms with Crippen molar-refractivity contribution in [2.45, 2.75) is 44.1 Å². The highest BCUT2D eigenvalue weighted by atomic mass is 32.2. The Hall–Kier alpha value is -1.07. The summed E-state index contributed by atoms with van der Waals surface area (Å²) >= 11 is 0. The van der Waals surface area contributed by atoms with Crippen molar-refractivity contribution in [3.8, 4) is 5.75 Å². The molecule has 2 atom stereocenters.